The van der Waals surface area contributed by atoms with Crippen LogP contribution >= 0.6 is 0 Å². The molecule has 6 heteroatoms. The van der Waals surface area contributed by atoms with Crippen molar-refractivity contribution in [2.24, 2.45) is 0 Å². The summed E-state index contributed by atoms with van der Waals surface area (Å²) in [5.41, 5.74) is 0. The second-order valence-corrected chi connectivity index (χ2v) is 2.92. The number of rotatable bonds is 6. The first-order chi connectivity index (χ1) is 6.45. The molecule has 14 heavy (non-hydrogen) atoms. The van der Waals surface area contributed by atoms with Crippen molar-refractivity contribution < 1.29 is 18.0 Å². The monoisotopic (exact) mass is 212 g/mol. The lowest BCUT2D eigenvalue weighted by Crippen LogP contribution is -2.31. The molecular weight excluding hydrogens is 197 g/mol. The lowest BCUT2D eigenvalue weighted by atomic mass is 10.2. The van der Waals surface area contributed by atoms with Crippen LogP contribution in [0.2, 0.25) is 0 Å². The zero-order chi connectivity index (χ0) is 11.0. The van der Waals surface area contributed by atoms with Crippen molar-refractivity contribution >= 4 is 5.91 Å². The van der Waals surface area contributed by atoms with Crippen LogP contribution in [0.5, 0.6) is 0 Å². The van der Waals surface area contributed by atoms with Crippen LogP contribution in [0.3, 0.4) is 0 Å². The number of hydrogen-bond acceptors (Lipinski definition) is 2. The predicted molar refractivity (Wildman–Crippen MR) is 46.8 cm³/mol. The van der Waals surface area contributed by atoms with Crippen LogP contribution in [0.25, 0.3) is 0 Å². The third-order valence-electron chi connectivity index (χ3n) is 1.63. The van der Waals surface area contributed by atoms with Gasteiger partial charge in [0.1, 0.15) is 0 Å². The van der Waals surface area contributed by atoms with Crippen LogP contribution in [0, 0.1) is 0 Å². The van der Waals surface area contributed by atoms with Crippen molar-refractivity contribution in [3.05, 3.63) is 0 Å². The van der Waals surface area contributed by atoms with Crippen molar-refractivity contribution in [1.29, 1.82) is 0 Å². The second kappa shape index (κ2) is 6.64. The quantitative estimate of drug-likeness (QED) is 0.646. The topological polar surface area (TPSA) is 41.1 Å². The first kappa shape index (κ1) is 13.2. The maximum Gasteiger partial charge on any atom is 0.389 e. The largest absolute Gasteiger partial charge is 0.389 e. The molecule has 0 fully saturated rings. The number of halogens is 3. The number of carbonyl (C=O) groups is 1. The molecule has 0 aromatic heterocycles. The van der Waals surface area contributed by atoms with Gasteiger partial charge in [0.15, 0.2) is 0 Å². The molecule has 0 rings (SSSR count). The van der Waals surface area contributed by atoms with Crippen LogP contribution in [-0.2, 0) is 4.79 Å². The molecule has 0 aliphatic carbocycles. The number of alkyl halides is 3. The van der Waals surface area contributed by atoms with Crippen molar-refractivity contribution in [3.8, 4) is 0 Å². The average Bonchev–Trinajstić information content (AvgIpc) is 2.08. The molecule has 0 atom stereocenters. The number of likely N-dealkylation sites (N-methyl/N-ethyl adjacent to an activating group) is 1. The van der Waals surface area contributed by atoms with E-state index in [1.165, 1.54) is 7.05 Å². The van der Waals surface area contributed by atoms with Gasteiger partial charge < -0.3 is 10.6 Å². The molecule has 0 aromatic carbocycles. The van der Waals surface area contributed by atoms with Crippen molar-refractivity contribution in [1.82, 2.24) is 10.6 Å². The number of carbonyl (C=O) groups excluding carboxylic acids is 1. The van der Waals surface area contributed by atoms with Crippen LogP contribution in [0.4, 0.5) is 13.2 Å². The summed E-state index contributed by atoms with van der Waals surface area (Å²) < 4.78 is 35.0. The van der Waals surface area contributed by atoms with E-state index in [9.17, 15) is 18.0 Å². The Balaban J connectivity index is 3.18. The molecular formula is C8H15F3N2O. The predicted octanol–water partition coefficient (Wildman–Crippen LogP) is 1.05. The molecule has 0 heterocycles. The van der Waals surface area contributed by atoms with E-state index in [-0.39, 0.29) is 18.9 Å². The molecule has 1 amide bonds. The van der Waals surface area contributed by atoms with Gasteiger partial charge >= 0.3 is 6.18 Å². The summed E-state index contributed by atoms with van der Waals surface area (Å²) in [6.45, 7) is 0.589. The summed E-state index contributed by atoms with van der Waals surface area (Å²) in [6, 6.07) is 0. The molecule has 0 unspecified atom stereocenters. The minimum absolute atomic E-state index is 0.101. The fourth-order valence-corrected chi connectivity index (χ4v) is 0.866. The van der Waals surface area contributed by atoms with Crippen molar-refractivity contribution in [2.75, 3.05) is 20.1 Å². The Morgan fingerprint density at radius 2 is 1.93 bits per heavy atom. The maximum atomic E-state index is 11.7. The number of hydrogen-bond donors (Lipinski definition) is 2. The van der Waals surface area contributed by atoms with E-state index in [2.05, 4.69) is 10.6 Å². The summed E-state index contributed by atoms with van der Waals surface area (Å²) in [6.07, 6.45) is -4.30. The van der Waals surface area contributed by atoms with Gasteiger partial charge in [-0.25, -0.2) is 0 Å². The minimum Gasteiger partial charge on any atom is -0.358 e. The highest BCUT2D eigenvalue weighted by molar-refractivity contribution is 5.77. The highest BCUT2D eigenvalue weighted by Crippen LogP contribution is 2.21. The third-order valence-corrected chi connectivity index (χ3v) is 1.63. The second-order valence-electron chi connectivity index (χ2n) is 2.92. The molecule has 2 N–H and O–H groups in total. The molecule has 84 valence electrons. The Labute approximate surface area is 81.1 Å². The number of unbranched alkanes of at least 4 members (excludes halogenated alkanes) is 1. The SMILES string of the molecule is CNC(=O)CNCCCCC(F)(F)F. The van der Waals surface area contributed by atoms with Crippen LogP contribution < -0.4 is 10.6 Å². The molecule has 0 aliphatic heterocycles. The Morgan fingerprint density at radius 1 is 1.29 bits per heavy atom. The van der Waals surface area contributed by atoms with E-state index in [1.807, 2.05) is 0 Å². The standard InChI is InChI=1S/C8H15F3N2O/c1-12-7(14)6-13-5-3-2-4-8(9,10)11/h13H,2-6H2,1H3,(H,12,14). The van der Waals surface area contributed by atoms with Crippen LogP contribution in [-0.4, -0.2) is 32.2 Å². The first-order valence-electron chi connectivity index (χ1n) is 4.44. The Morgan fingerprint density at radius 3 is 2.43 bits per heavy atom. The van der Waals surface area contributed by atoms with E-state index in [4.69, 9.17) is 0 Å². The Hall–Kier alpha value is -0.780. The first-order valence-corrected chi connectivity index (χ1v) is 4.44. The van der Waals surface area contributed by atoms with Crippen LogP contribution in [0.15, 0.2) is 0 Å². The van der Waals surface area contributed by atoms with Gasteiger partial charge in [-0.1, -0.05) is 0 Å². The smallest absolute Gasteiger partial charge is 0.358 e. The van der Waals surface area contributed by atoms with Crippen molar-refractivity contribution in [3.63, 3.8) is 0 Å². The molecule has 0 saturated carbocycles. The van der Waals surface area contributed by atoms with Gasteiger partial charge in [0.2, 0.25) is 5.91 Å². The van der Waals surface area contributed by atoms with Gasteiger partial charge in [-0.05, 0) is 19.4 Å². The lowest BCUT2D eigenvalue weighted by Gasteiger charge is -2.06. The highest BCUT2D eigenvalue weighted by Gasteiger charge is 2.25. The van der Waals surface area contributed by atoms with Gasteiger partial charge in [-0.3, -0.25) is 4.79 Å². The summed E-state index contributed by atoms with van der Waals surface area (Å²) in [7, 11) is 1.51. The molecule has 0 aliphatic rings. The molecule has 3 nitrogen and oxygen atoms in total. The third kappa shape index (κ3) is 9.31. The van der Waals surface area contributed by atoms with Gasteiger partial charge in [-0.2, -0.15) is 13.2 Å². The lowest BCUT2D eigenvalue weighted by molar-refractivity contribution is -0.135. The van der Waals surface area contributed by atoms with Gasteiger partial charge in [0, 0.05) is 13.5 Å². The number of nitrogens with one attached hydrogen (secondary N) is 2. The van der Waals surface area contributed by atoms with Gasteiger partial charge in [0.25, 0.3) is 0 Å². The highest BCUT2D eigenvalue weighted by atomic mass is 19.4. The van der Waals surface area contributed by atoms with Crippen LogP contribution in [0.1, 0.15) is 19.3 Å². The Kier molecular flexibility index (Phi) is 6.27. The molecule has 0 radical (unpaired) electrons. The van der Waals surface area contributed by atoms with Gasteiger partial charge in [-0.15, -0.1) is 0 Å². The molecule has 0 saturated heterocycles. The molecule has 0 bridgehead atoms. The van der Waals surface area contributed by atoms with E-state index in [1.54, 1.807) is 0 Å². The molecule has 0 aromatic rings. The average molecular weight is 212 g/mol. The zero-order valence-electron chi connectivity index (χ0n) is 8.08. The van der Waals surface area contributed by atoms with E-state index in [0.717, 1.165) is 0 Å². The van der Waals surface area contributed by atoms with Gasteiger partial charge in [0.05, 0.1) is 6.54 Å². The van der Waals surface area contributed by atoms with Crippen molar-refractivity contribution in [2.45, 2.75) is 25.4 Å². The summed E-state index contributed by atoms with van der Waals surface area (Å²) >= 11 is 0. The Bertz CT molecular complexity index is 170. The normalized spacial score (nSPS) is 11.4. The number of amides is 1. The summed E-state index contributed by atoms with van der Waals surface area (Å²) in [5, 5.41) is 5.14. The fourth-order valence-electron chi connectivity index (χ4n) is 0.866. The van der Waals surface area contributed by atoms with E-state index < -0.39 is 12.6 Å². The summed E-state index contributed by atoms with van der Waals surface area (Å²) in [4.78, 5) is 10.7. The molecule has 0 spiro atoms. The van der Waals surface area contributed by atoms with E-state index >= 15 is 0 Å². The van der Waals surface area contributed by atoms with E-state index in [0.29, 0.717) is 13.0 Å². The minimum atomic E-state index is -4.07. The zero-order valence-corrected chi connectivity index (χ0v) is 8.08. The maximum absolute atomic E-state index is 11.7. The summed E-state index contributed by atoms with van der Waals surface area (Å²) in [5.74, 6) is -0.166. The fraction of sp³-hybridized carbons (Fsp3) is 0.875.